The maximum Gasteiger partial charge on any atom is 0.256 e. The lowest BCUT2D eigenvalue weighted by Crippen LogP contribution is -2.50. The summed E-state index contributed by atoms with van der Waals surface area (Å²) in [4.78, 5) is 17.4. The van der Waals surface area contributed by atoms with E-state index < -0.39 is 17.5 Å². The van der Waals surface area contributed by atoms with Crippen molar-refractivity contribution in [1.29, 1.82) is 0 Å². The number of hydrogen-bond acceptors (Lipinski definition) is 4. The number of carbonyl (C=O) groups excluding carboxylic acids is 1. The number of carbonyl (C=O) groups is 1. The standard InChI is InChI=1S/C26H23F3N6O/c1-14-6-7-21(35-30-8-9-31-35)17(10-14)26(36)34-16-4-3-5-22(34)24-18(13-16)25(33(2)32-24)15-11-19(27)23(29)20(28)12-15/h6-12,16,22H,3-5,13H2,1-2H3. The molecule has 7 nitrogen and oxygen atoms in total. The fourth-order valence-corrected chi connectivity index (χ4v) is 5.68. The topological polar surface area (TPSA) is 68.8 Å². The number of halogens is 3. The highest BCUT2D eigenvalue weighted by molar-refractivity contribution is 5.98. The van der Waals surface area contributed by atoms with E-state index >= 15 is 0 Å². The molecule has 2 bridgehead atoms. The number of aryl methyl sites for hydroxylation is 2. The summed E-state index contributed by atoms with van der Waals surface area (Å²) in [7, 11) is 1.70. The molecule has 6 rings (SSSR count). The number of fused-ring (bicyclic) bond motifs is 4. The van der Waals surface area contributed by atoms with E-state index in [0.717, 1.165) is 42.5 Å². The second kappa shape index (κ2) is 8.32. The van der Waals surface area contributed by atoms with E-state index in [1.54, 1.807) is 24.1 Å². The molecule has 0 aliphatic carbocycles. The van der Waals surface area contributed by atoms with Gasteiger partial charge in [0.05, 0.1) is 41.1 Å². The molecular formula is C26H23F3N6O. The molecule has 10 heteroatoms. The number of hydrogen-bond donors (Lipinski definition) is 0. The fraction of sp³-hybridized carbons (Fsp3) is 0.308. The van der Waals surface area contributed by atoms with Crippen LogP contribution in [0.15, 0.2) is 42.7 Å². The van der Waals surface area contributed by atoms with Gasteiger partial charge in [0.25, 0.3) is 5.91 Å². The van der Waals surface area contributed by atoms with Crippen LogP contribution >= 0.6 is 0 Å². The molecule has 36 heavy (non-hydrogen) atoms. The van der Waals surface area contributed by atoms with Crippen LogP contribution < -0.4 is 0 Å². The summed E-state index contributed by atoms with van der Waals surface area (Å²) in [5, 5.41) is 13.1. The minimum Gasteiger partial charge on any atom is -0.327 e. The Morgan fingerprint density at radius 2 is 1.75 bits per heavy atom. The number of benzene rings is 2. The van der Waals surface area contributed by atoms with Crippen molar-refractivity contribution in [3.8, 4) is 16.9 Å². The minimum absolute atomic E-state index is 0.110. The molecule has 2 atom stereocenters. The first kappa shape index (κ1) is 22.5. The molecule has 2 aromatic carbocycles. The van der Waals surface area contributed by atoms with Crippen LogP contribution in [0.2, 0.25) is 0 Å². The van der Waals surface area contributed by atoms with Gasteiger partial charge in [0, 0.05) is 24.2 Å². The van der Waals surface area contributed by atoms with Crippen LogP contribution in [0.5, 0.6) is 0 Å². The maximum absolute atomic E-state index is 14.1. The molecule has 0 radical (unpaired) electrons. The van der Waals surface area contributed by atoms with Crippen molar-refractivity contribution in [2.45, 2.75) is 44.7 Å². The molecule has 2 aliphatic heterocycles. The summed E-state index contributed by atoms with van der Waals surface area (Å²) >= 11 is 0. The lowest BCUT2D eigenvalue weighted by atomic mass is 9.81. The average molecular weight is 493 g/mol. The molecule has 2 aromatic heterocycles. The normalized spacial score (nSPS) is 18.9. The molecule has 2 unspecified atom stereocenters. The summed E-state index contributed by atoms with van der Waals surface area (Å²) < 4.78 is 43.3. The molecule has 0 saturated carbocycles. The van der Waals surface area contributed by atoms with Crippen molar-refractivity contribution in [2.75, 3.05) is 0 Å². The molecule has 184 valence electrons. The highest BCUT2D eigenvalue weighted by Crippen LogP contribution is 2.45. The van der Waals surface area contributed by atoms with Crippen molar-refractivity contribution >= 4 is 5.91 Å². The zero-order valence-electron chi connectivity index (χ0n) is 19.8. The van der Waals surface area contributed by atoms with Gasteiger partial charge in [-0.2, -0.15) is 20.1 Å². The summed E-state index contributed by atoms with van der Waals surface area (Å²) in [6.45, 7) is 1.93. The summed E-state index contributed by atoms with van der Waals surface area (Å²) in [5.74, 6) is -4.11. The van der Waals surface area contributed by atoms with Crippen LogP contribution in [0.3, 0.4) is 0 Å². The lowest BCUT2D eigenvalue weighted by Gasteiger charge is -2.45. The van der Waals surface area contributed by atoms with Crippen LogP contribution in [0.4, 0.5) is 13.2 Å². The smallest absolute Gasteiger partial charge is 0.256 e. The number of aromatic nitrogens is 5. The van der Waals surface area contributed by atoms with Crippen molar-refractivity contribution in [3.63, 3.8) is 0 Å². The molecule has 4 aromatic rings. The Morgan fingerprint density at radius 1 is 1.03 bits per heavy atom. The van der Waals surface area contributed by atoms with E-state index in [4.69, 9.17) is 5.10 Å². The molecule has 0 spiro atoms. The van der Waals surface area contributed by atoms with Crippen molar-refractivity contribution in [3.05, 3.63) is 82.6 Å². The zero-order chi connectivity index (χ0) is 25.1. The number of nitrogens with zero attached hydrogens (tertiary/aromatic N) is 6. The van der Waals surface area contributed by atoms with Crippen molar-refractivity contribution < 1.29 is 18.0 Å². The van der Waals surface area contributed by atoms with Gasteiger partial charge in [0.1, 0.15) is 0 Å². The van der Waals surface area contributed by atoms with Gasteiger partial charge >= 0.3 is 0 Å². The Balaban J connectivity index is 1.45. The van der Waals surface area contributed by atoms with Crippen molar-refractivity contribution in [2.24, 2.45) is 7.05 Å². The average Bonchev–Trinajstić information content (AvgIpc) is 3.49. The molecule has 0 N–H and O–H groups in total. The molecular weight excluding hydrogens is 469 g/mol. The van der Waals surface area contributed by atoms with Crippen molar-refractivity contribution in [1.82, 2.24) is 29.7 Å². The predicted octanol–water partition coefficient (Wildman–Crippen LogP) is 4.69. The quantitative estimate of drug-likeness (QED) is 0.390. The Kier molecular flexibility index (Phi) is 5.20. The van der Waals surface area contributed by atoms with Gasteiger partial charge in [0.15, 0.2) is 17.5 Å². The Morgan fingerprint density at radius 3 is 2.47 bits per heavy atom. The van der Waals surface area contributed by atoms with Crippen LogP contribution in [-0.2, 0) is 13.5 Å². The molecule has 2 aliphatic rings. The Labute approximate surface area is 205 Å². The van der Waals surface area contributed by atoms with Crippen LogP contribution in [0, 0.1) is 24.4 Å². The summed E-state index contributed by atoms with van der Waals surface area (Å²) in [6, 6.07) is 7.20. The SMILES string of the molecule is Cc1ccc(-n2nccn2)c(C(=O)N2C3CCCC2c2nn(C)c(-c4cc(F)c(F)c(F)c4)c2C3)c1. The van der Waals surface area contributed by atoms with Crippen LogP contribution in [0.25, 0.3) is 16.9 Å². The number of piperidine rings is 1. The minimum atomic E-state index is -1.50. The lowest BCUT2D eigenvalue weighted by molar-refractivity contribution is 0.0391. The first-order valence-electron chi connectivity index (χ1n) is 11.8. The monoisotopic (exact) mass is 492 g/mol. The zero-order valence-corrected chi connectivity index (χ0v) is 19.8. The van der Waals surface area contributed by atoms with Gasteiger partial charge in [-0.25, -0.2) is 13.2 Å². The largest absolute Gasteiger partial charge is 0.327 e. The third-order valence-electron chi connectivity index (χ3n) is 7.18. The van der Waals surface area contributed by atoms with Gasteiger partial charge in [-0.05, 0) is 56.9 Å². The highest BCUT2D eigenvalue weighted by Gasteiger charge is 2.44. The Bertz CT molecular complexity index is 1470. The molecule has 4 heterocycles. The Hall–Kier alpha value is -3.95. The van der Waals surface area contributed by atoms with Gasteiger partial charge in [0.2, 0.25) is 0 Å². The number of amides is 1. The van der Waals surface area contributed by atoms with Gasteiger partial charge in [-0.3, -0.25) is 9.48 Å². The summed E-state index contributed by atoms with van der Waals surface area (Å²) in [5.41, 5.74) is 4.38. The van der Waals surface area contributed by atoms with E-state index in [1.807, 2.05) is 30.0 Å². The van der Waals surface area contributed by atoms with Crippen LogP contribution in [-0.4, -0.2) is 41.6 Å². The third-order valence-corrected chi connectivity index (χ3v) is 7.18. The van der Waals surface area contributed by atoms with E-state index in [0.29, 0.717) is 29.1 Å². The summed E-state index contributed by atoms with van der Waals surface area (Å²) in [6.07, 6.45) is 6.07. The number of rotatable bonds is 3. The maximum atomic E-state index is 14.1. The molecule has 1 amide bonds. The predicted molar refractivity (Wildman–Crippen MR) is 125 cm³/mol. The van der Waals surface area contributed by atoms with Gasteiger partial charge in [-0.15, -0.1) is 0 Å². The fourth-order valence-electron chi connectivity index (χ4n) is 5.68. The van der Waals surface area contributed by atoms with E-state index in [1.165, 1.54) is 4.80 Å². The second-order valence-corrected chi connectivity index (χ2v) is 9.45. The van der Waals surface area contributed by atoms with E-state index in [-0.39, 0.29) is 23.6 Å². The second-order valence-electron chi connectivity index (χ2n) is 9.45. The van der Waals surface area contributed by atoms with E-state index in [2.05, 4.69) is 10.2 Å². The van der Waals surface area contributed by atoms with Gasteiger partial charge < -0.3 is 4.90 Å². The van der Waals surface area contributed by atoms with E-state index in [9.17, 15) is 18.0 Å². The first-order valence-corrected chi connectivity index (χ1v) is 11.8. The van der Waals surface area contributed by atoms with Crippen LogP contribution in [0.1, 0.15) is 52.5 Å². The highest BCUT2D eigenvalue weighted by atomic mass is 19.2. The first-order chi connectivity index (χ1) is 17.3. The third kappa shape index (κ3) is 3.42. The van der Waals surface area contributed by atoms with Gasteiger partial charge in [-0.1, -0.05) is 11.6 Å². The molecule has 1 fully saturated rings. The molecule has 1 saturated heterocycles.